The molecule has 2 aromatic carbocycles. The number of hydrogen-bond acceptors (Lipinski definition) is 3. The Morgan fingerprint density at radius 2 is 1.75 bits per heavy atom. The third-order valence-corrected chi connectivity index (χ3v) is 3.15. The maximum atomic E-state index is 12.4. The van der Waals surface area contributed by atoms with Crippen LogP contribution in [0.4, 0.5) is 0 Å². The van der Waals surface area contributed by atoms with E-state index in [-0.39, 0.29) is 11.5 Å². The molecule has 0 radical (unpaired) electrons. The predicted octanol–water partition coefficient (Wildman–Crippen LogP) is 2.81. The van der Waals surface area contributed by atoms with Crippen molar-refractivity contribution in [1.82, 2.24) is 0 Å². The van der Waals surface area contributed by atoms with Gasteiger partial charge in [-0.15, -0.1) is 0 Å². The number of aliphatic carboxylic acids is 1. The van der Waals surface area contributed by atoms with E-state index in [4.69, 9.17) is 5.11 Å². The molecule has 4 nitrogen and oxygen atoms in total. The van der Waals surface area contributed by atoms with Gasteiger partial charge in [-0.05, 0) is 24.6 Å². The number of carbonyl (C=O) groups is 2. The Balaban J connectivity index is 2.48. The van der Waals surface area contributed by atoms with Gasteiger partial charge in [-0.1, -0.05) is 36.4 Å². The molecular formula is C16H14O4. The van der Waals surface area contributed by atoms with Gasteiger partial charge in [0.25, 0.3) is 0 Å². The van der Waals surface area contributed by atoms with Crippen LogP contribution >= 0.6 is 0 Å². The standard InChI is InChI=1S/C16H14O4/c1-10(16(19)20)13-7-2-3-8-14(13)15(18)11-5-4-6-12(17)9-11/h2-10,17H,1H3,(H,19,20). The van der Waals surface area contributed by atoms with Gasteiger partial charge in [0, 0.05) is 11.1 Å². The van der Waals surface area contributed by atoms with E-state index >= 15 is 0 Å². The van der Waals surface area contributed by atoms with Crippen molar-refractivity contribution >= 4 is 11.8 Å². The largest absolute Gasteiger partial charge is 0.508 e. The molecule has 2 N–H and O–H groups in total. The Kier molecular flexibility index (Phi) is 3.84. The summed E-state index contributed by atoms with van der Waals surface area (Å²) in [4.78, 5) is 23.6. The van der Waals surface area contributed by atoms with E-state index in [1.54, 1.807) is 36.4 Å². The van der Waals surface area contributed by atoms with Crippen molar-refractivity contribution in [2.24, 2.45) is 0 Å². The molecule has 0 aliphatic heterocycles. The Hall–Kier alpha value is -2.62. The third-order valence-electron chi connectivity index (χ3n) is 3.15. The monoisotopic (exact) mass is 270 g/mol. The molecule has 0 aliphatic rings. The normalized spacial score (nSPS) is 11.8. The van der Waals surface area contributed by atoms with Crippen LogP contribution in [0.25, 0.3) is 0 Å². The van der Waals surface area contributed by atoms with E-state index in [2.05, 4.69) is 0 Å². The average molecular weight is 270 g/mol. The van der Waals surface area contributed by atoms with Crippen molar-refractivity contribution in [1.29, 1.82) is 0 Å². The molecule has 0 spiro atoms. The highest BCUT2D eigenvalue weighted by molar-refractivity contribution is 6.10. The third kappa shape index (κ3) is 2.69. The van der Waals surface area contributed by atoms with Crippen molar-refractivity contribution in [3.8, 4) is 5.75 Å². The highest BCUT2D eigenvalue weighted by atomic mass is 16.4. The van der Waals surface area contributed by atoms with E-state index in [0.717, 1.165) is 0 Å². The Labute approximate surface area is 116 Å². The van der Waals surface area contributed by atoms with Crippen LogP contribution in [-0.4, -0.2) is 22.0 Å². The molecule has 1 unspecified atom stereocenters. The number of phenols is 1. The summed E-state index contributed by atoms with van der Waals surface area (Å²) in [6.45, 7) is 1.54. The second-order valence-electron chi connectivity index (χ2n) is 4.53. The number of ketones is 1. The summed E-state index contributed by atoms with van der Waals surface area (Å²) < 4.78 is 0. The lowest BCUT2D eigenvalue weighted by atomic mass is 9.91. The van der Waals surface area contributed by atoms with Crippen LogP contribution in [-0.2, 0) is 4.79 Å². The fraction of sp³-hybridized carbons (Fsp3) is 0.125. The first-order valence-electron chi connectivity index (χ1n) is 6.16. The lowest BCUT2D eigenvalue weighted by molar-refractivity contribution is -0.138. The number of rotatable bonds is 4. The van der Waals surface area contributed by atoms with Crippen LogP contribution in [0.15, 0.2) is 48.5 Å². The van der Waals surface area contributed by atoms with Gasteiger partial charge in [0.1, 0.15) is 5.75 Å². The molecule has 0 saturated heterocycles. The first kappa shape index (κ1) is 13.8. The molecule has 0 bridgehead atoms. The van der Waals surface area contributed by atoms with E-state index in [1.165, 1.54) is 19.1 Å². The number of hydrogen-bond donors (Lipinski definition) is 2. The molecule has 1 atom stereocenters. The van der Waals surface area contributed by atoms with Gasteiger partial charge in [-0.3, -0.25) is 9.59 Å². The van der Waals surface area contributed by atoms with Gasteiger partial charge in [-0.2, -0.15) is 0 Å². The maximum absolute atomic E-state index is 12.4. The van der Waals surface area contributed by atoms with E-state index in [1.807, 2.05) is 0 Å². The topological polar surface area (TPSA) is 74.6 Å². The summed E-state index contributed by atoms with van der Waals surface area (Å²) in [5.74, 6) is -2.06. The number of carboxylic acids is 1. The van der Waals surface area contributed by atoms with Crippen LogP contribution in [0.1, 0.15) is 34.3 Å². The van der Waals surface area contributed by atoms with Crippen molar-refractivity contribution < 1.29 is 19.8 Å². The Morgan fingerprint density at radius 3 is 2.40 bits per heavy atom. The first-order chi connectivity index (χ1) is 9.50. The SMILES string of the molecule is CC(C(=O)O)c1ccccc1C(=O)c1cccc(O)c1. The first-order valence-corrected chi connectivity index (χ1v) is 6.16. The number of aromatic hydroxyl groups is 1. The minimum atomic E-state index is -0.985. The van der Waals surface area contributed by atoms with Gasteiger partial charge in [0.15, 0.2) is 5.78 Å². The summed E-state index contributed by atoms with van der Waals surface area (Å²) in [6, 6.07) is 12.6. The van der Waals surface area contributed by atoms with Crippen molar-refractivity contribution in [3.63, 3.8) is 0 Å². The van der Waals surface area contributed by atoms with Gasteiger partial charge in [0.2, 0.25) is 0 Å². The number of carboxylic acid groups (broad SMARTS) is 1. The van der Waals surface area contributed by atoms with Crippen molar-refractivity contribution in [2.45, 2.75) is 12.8 Å². The van der Waals surface area contributed by atoms with Gasteiger partial charge in [-0.25, -0.2) is 0 Å². The quantitative estimate of drug-likeness (QED) is 0.838. The summed E-state index contributed by atoms with van der Waals surface area (Å²) in [6.07, 6.45) is 0. The minimum absolute atomic E-state index is 0.000357. The molecule has 0 aromatic heterocycles. The van der Waals surface area contributed by atoms with Gasteiger partial charge >= 0.3 is 5.97 Å². The fourth-order valence-corrected chi connectivity index (χ4v) is 2.02. The molecule has 2 rings (SSSR count). The summed E-state index contributed by atoms with van der Waals surface area (Å²) >= 11 is 0. The lowest BCUT2D eigenvalue weighted by Gasteiger charge is -2.12. The molecule has 4 heteroatoms. The lowest BCUT2D eigenvalue weighted by Crippen LogP contribution is -2.13. The summed E-state index contributed by atoms with van der Waals surface area (Å²) in [7, 11) is 0. The van der Waals surface area contributed by atoms with Crippen LogP contribution < -0.4 is 0 Å². The van der Waals surface area contributed by atoms with E-state index in [9.17, 15) is 14.7 Å². The van der Waals surface area contributed by atoms with Crippen molar-refractivity contribution in [3.05, 3.63) is 65.2 Å². The molecule has 0 aliphatic carbocycles. The fourth-order valence-electron chi connectivity index (χ4n) is 2.02. The number of phenolic OH excluding ortho intramolecular Hbond substituents is 1. The molecule has 20 heavy (non-hydrogen) atoms. The molecule has 0 amide bonds. The van der Waals surface area contributed by atoms with Gasteiger partial charge < -0.3 is 10.2 Å². The van der Waals surface area contributed by atoms with Gasteiger partial charge in [0.05, 0.1) is 5.92 Å². The molecule has 102 valence electrons. The van der Waals surface area contributed by atoms with Crippen LogP contribution in [0.3, 0.4) is 0 Å². The maximum Gasteiger partial charge on any atom is 0.310 e. The zero-order chi connectivity index (χ0) is 14.7. The molecule has 2 aromatic rings. The second kappa shape index (κ2) is 5.57. The van der Waals surface area contributed by atoms with Crippen LogP contribution in [0.5, 0.6) is 5.75 Å². The Morgan fingerprint density at radius 1 is 1.05 bits per heavy atom. The van der Waals surface area contributed by atoms with E-state index < -0.39 is 11.9 Å². The second-order valence-corrected chi connectivity index (χ2v) is 4.53. The molecule has 0 heterocycles. The molecule has 0 fully saturated rings. The zero-order valence-electron chi connectivity index (χ0n) is 10.9. The number of carbonyl (C=O) groups excluding carboxylic acids is 1. The number of benzene rings is 2. The molecule has 0 saturated carbocycles. The van der Waals surface area contributed by atoms with Crippen LogP contribution in [0.2, 0.25) is 0 Å². The predicted molar refractivity (Wildman–Crippen MR) is 74.0 cm³/mol. The van der Waals surface area contributed by atoms with E-state index in [0.29, 0.717) is 16.7 Å². The summed E-state index contributed by atoms with van der Waals surface area (Å²) in [5.41, 5.74) is 1.14. The zero-order valence-corrected chi connectivity index (χ0v) is 10.9. The Bertz CT molecular complexity index is 661. The highest BCUT2D eigenvalue weighted by Crippen LogP contribution is 2.23. The summed E-state index contributed by atoms with van der Waals surface area (Å²) in [5, 5.41) is 18.5. The average Bonchev–Trinajstić information content (AvgIpc) is 2.45. The molecular weight excluding hydrogens is 256 g/mol. The smallest absolute Gasteiger partial charge is 0.310 e. The highest BCUT2D eigenvalue weighted by Gasteiger charge is 2.21. The van der Waals surface area contributed by atoms with Crippen LogP contribution in [0, 0.1) is 0 Å². The van der Waals surface area contributed by atoms with Crippen molar-refractivity contribution in [2.75, 3.05) is 0 Å². The minimum Gasteiger partial charge on any atom is -0.508 e.